The molecular weight excluding hydrogens is 188 g/mol. The molecule has 0 aromatic carbocycles. The van der Waals surface area contributed by atoms with E-state index in [1.165, 1.54) is 19.3 Å². The van der Waals surface area contributed by atoms with Crippen molar-refractivity contribution in [2.45, 2.75) is 44.3 Å². The molecule has 0 aliphatic heterocycles. The first-order valence-corrected chi connectivity index (χ1v) is 5.79. The van der Waals surface area contributed by atoms with E-state index < -0.39 is 0 Å². The fraction of sp³-hybridized carbons (Fsp3) is 0.727. The van der Waals surface area contributed by atoms with Crippen molar-refractivity contribution in [3.63, 3.8) is 0 Å². The Hall–Kier alpha value is -0.870. The van der Waals surface area contributed by atoms with Crippen molar-refractivity contribution in [3.8, 4) is 0 Å². The molecule has 1 aromatic heterocycles. The van der Waals surface area contributed by atoms with Crippen LogP contribution in [0, 0.1) is 0 Å². The number of nitrogens with two attached hydrogens (primary N) is 1. The van der Waals surface area contributed by atoms with Crippen molar-refractivity contribution in [1.29, 1.82) is 0 Å². The molecule has 0 spiro atoms. The Labute approximate surface area is 90.9 Å². The fourth-order valence-electron chi connectivity index (χ4n) is 2.23. The molecule has 2 atom stereocenters. The molecule has 2 unspecified atom stereocenters. The zero-order valence-electron chi connectivity index (χ0n) is 9.10. The minimum Gasteiger partial charge on any atom is -0.336 e. The lowest BCUT2D eigenvalue weighted by Crippen LogP contribution is -2.40. The first kappa shape index (κ1) is 10.6. The third-order valence-corrected chi connectivity index (χ3v) is 3.08. The Kier molecular flexibility index (Phi) is 3.75. The van der Waals surface area contributed by atoms with E-state index in [0.717, 1.165) is 19.5 Å². The van der Waals surface area contributed by atoms with Gasteiger partial charge in [0.2, 0.25) is 0 Å². The number of rotatable bonds is 4. The van der Waals surface area contributed by atoms with Gasteiger partial charge in [0.15, 0.2) is 0 Å². The second-order valence-corrected chi connectivity index (χ2v) is 4.38. The van der Waals surface area contributed by atoms with Crippen molar-refractivity contribution in [1.82, 2.24) is 14.9 Å². The average Bonchev–Trinajstić information content (AvgIpc) is 2.71. The van der Waals surface area contributed by atoms with Gasteiger partial charge in [-0.25, -0.2) is 4.98 Å². The van der Waals surface area contributed by atoms with Crippen LogP contribution in [0.3, 0.4) is 0 Å². The van der Waals surface area contributed by atoms with Gasteiger partial charge in [0.25, 0.3) is 0 Å². The predicted molar refractivity (Wildman–Crippen MR) is 60.5 cm³/mol. The molecule has 15 heavy (non-hydrogen) atoms. The molecule has 2 rings (SSSR count). The van der Waals surface area contributed by atoms with E-state index >= 15 is 0 Å². The molecule has 1 heterocycles. The second-order valence-electron chi connectivity index (χ2n) is 4.38. The van der Waals surface area contributed by atoms with Crippen LogP contribution in [-0.4, -0.2) is 28.2 Å². The molecule has 1 saturated carbocycles. The highest BCUT2D eigenvalue weighted by Crippen LogP contribution is 2.16. The van der Waals surface area contributed by atoms with Gasteiger partial charge < -0.3 is 15.6 Å². The number of nitrogens with zero attached hydrogens (tertiary/aromatic N) is 2. The van der Waals surface area contributed by atoms with Gasteiger partial charge in [0, 0.05) is 37.6 Å². The van der Waals surface area contributed by atoms with Gasteiger partial charge in [-0.3, -0.25) is 0 Å². The zero-order valence-corrected chi connectivity index (χ0v) is 9.10. The zero-order chi connectivity index (χ0) is 10.5. The smallest absolute Gasteiger partial charge is 0.0946 e. The van der Waals surface area contributed by atoms with Crippen LogP contribution in [0.2, 0.25) is 0 Å². The van der Waals surface area contributed by atoms with Crippen LogP contribution in [0.25, 0.3) is 0 Å². The van der Waals surface area contributed by atoms with Gasteiger partial charge >= 0.3 is 0 Å². The molecule has 0 radical (unpaired) electrons. The van der Waals surface area contributed by atoms with Crippen LogP contribution in [0.5, 0.6) is 0 Å². The van der Waals surface area contributed by atoms with Crippen LogP contribution < -0.4 is 11.1 Å². The lowest BCUT2D eigenvalue weighted by atomic mass is 9.92. The topological polar surface area (TPSA) is 55.9 Å². The Balaban J connectivity index is 1.65. The summed E-state index contributed by atoms with van der Waals surface area (Å²) in [4.78, 5) is 4.01. The number of imidazole rings is 1. The minimum absolute atomic E-state index is 0.407. The molecule has 0 amide bonds. The highest BCUT2D eigenvalue weighted by Gasteiger charge is 2.17. The molecule has 0 saturated heterocycles. The van der Waals surface area contributed by atoms with Crippen molar-refractivity contribution in [2.75, 3.05) is 6.54 Å². The van der Waals surface area contributed by atoms with Crippen molar-refractivity contribution >= 4 is 0 Å². The van der Waals surface area contributed by atoms with Crippen LogP contribution in [0.1, 0.15) is 25.7 Å². The number of aromatic nitrogens is 2. The van der Waals surface area contributed by atoms with E-state index in [-0.39, 0.29) is 0 Å². The number of hydrogen-bond donors (Lipinski definition) is 2. The summed E-state index contributed by atoms with van der Waals surface area (Å²) in [7, 11) is 0. The molecule has 0 bridgehead atoms. The molecule has 3 N–H and O–H groups in total. The maximum Gasteiger partial charge on any atom is 0.0946 e. The summed E-state index contributed by atoms with van der Waals surface area (Å²) in [5.74, 6) is 0. The van der Waals surface area contributed by atoms with E-state index in [1.54, 1.807) is 0 Å². The summed E-state index contributed by atoms with van der Waals surface area (Å²) < 4.78 is 2.09. The Bertz CT molecular complexity index is 270. The lowest BCUT2D eigenvalue weighted by molar-refractivity contribution is 0.336. The van der Waals surface area contributed by atoms with E-state index in [9.17, 15) is 0 Å². The molecule has 1 aromatic rings. The molecule has 84 valence electrons. The summed E-state index contributed by atoms with van der Waals surface area (Å²) in [5, 5.41) is 3.56. The lowest BCUT2D eigenvalue weighted by Gasteiger charge is -2.27. The quantitative estimate of drug-likeness (QED) is 0.767. The maximum absolute atomic E-state index is 5.94. The van der Waals surface area contributed by atoms with Crippen LogP contribution >= 0.6 is 0 Å². The van der Waals surface area contributed by atoms with Gasteiger partial charge in [-0.2, -0.15) is 0 Å². The molecular formula is C11H20N4. The molecule has 4 nitrogen and oxygen atoms in total. The predicted octanol–water partition coefficient (Wildman–Crippen LogP) is 0.743. The van der Waals surface area contributed by atoms with Gasteiger partial charge in [-0.05, 0) is 19.3 Å². The van der Waals surface area contributed by atoms with Gasteiger partial charge in [-0.1, -0.05) is 6.42 Å². The molecule has 1 fully saturated rings. The molecule has 4 heteroatoms. The van der Waals surface area contributed by atoms with E-state index in [1.807, 2.05) is 18.7 Å². The van der Waals surface area contributed by atoms with Crippen molar-refractivity contribution in [3.05, 3.63) is 18.7 Å². The number of hydrogen-bond acceptors (Lipinski definition) is 3. The van der Waals surface area contributed by atoms with E-state index in [0.29, 0.717) is 12.1 Å². The standard InChI is InChI=1S/C11H20N4/c12-10-2-1-3-11(8-10)14-5-7-15-6-4-13-9-15/h4,6,9-11,14H,1-3,5,7-8,12H2. The summed E-state index contributed by atoms with van der Waals surface area (Å²) in [6, 6.07) is 1.03. The highest BCUT2D eigenvalue weighted by molar-refractivity contribution is 4.80. The number of nitrogens with one attached hydrogen (secondary N) is 1. The first-order valence-electron chi connectivity index (χ1n) is 5.79. The second kappa shape index (κ2) is 5.28. The van der Waals surface area contributed by atoms with E-state index in [2.05, 4.69) is 14.9 Å². The summed E-state index contributed by atoms with van der Waals surface area (Å²) >= 11 is 0. The van der Waals surface area contributed by atoms with Crippen molar-refractivity contribution in [2.24, 2.45) is 5.73 Å². The van der Waals surface area contributed by atoms with Crippen LogP contribution in [0.15, 0.2) is 18.7 Å². The van der Waals surface area contributed by atoms with Crippen molar-refractivity contribution < 1.29 is 0 Å². The Morgan fingerprint density at radius 2 is 2.40 bits per heavy atom. The monoisotopic (exact) mass is 208 g/mol. The third kappa shape index (κ3) is 3.32. The summed E-state index contributed by atoms with van der Waals surface area (Å²) in [6.07, 6.45) is 10.5. The normalized spacial score (nSPS) is 26.7. The molecule has 1 aliphatic carbocycles. The van der Waals surface area contributed by atoms with Crippen LogP contribution in [-0.2, 0) is 6.54 Å². The SMILES string of the molecule is NC1CCCC(NCCn2ccnc2)C1. The summed E-state index contributed by atoms with van der Waals surface area (Å²) in [5.41, 5.74) is 5.94. The average molecular weight is 208 g/mol. The highest BCUT2D eigenvalue weighted by atomic mass is 15.0. The Morgan fingerprint density at radius 3 is 3.13 bits per heavy atom. The van der Waals surface area contributed by atoms with Crippen LogP contribution in [0.4, 0.5) is 0 Å². The molecule has 1 aliphatic rings. The Morgan fingerprint density at radius 1 is 1.47 bits per heavy atom. The minimum atomic E-state index is 0.407. The summed E-state index contributed by atoms with van der Waals surface area (Å²) in [6.45, 7) is 2.00. The largest absolute Gasteiger partial charge is 0.336 e. The maximum atomic E-state index is 5.94. The van der Waals surface area contributed by atoms with Gasteiger partial charge in [0.1, 0.15) is 0 Å². The fourth-order valence-corrected chi connectivity index (χ4v) is 2.23. The third-order valence-electron chi connectivity index (χ3n) is 3.08. The van der Waals surface area contributed by atoms with Gasteiger partial charge in [0.05, 0.1) is 6.33 Å². The van der Waals surface area contributed by atoms with Gasteiger partial charge in [-0.15, -0.1) is 0 Å². The first-order chi connectivity index (χ1) is 7.34. The van der Waals surface area contributed by atoms with E-state index in [4.69, 9.17) is 5.73 Å².